The van der Waals surface area contributed by atoms with E-state index in [4.69, 9.17) is 4.74 Å². The molecule has 182 valence electrons. The highest BCUT2D eigenvalue weighted by Crippen LogP contribution is 2.27. The zero-order valence-corrected chi connectivity index (χ0v) is 20.6. The first-order valence-electron chi connectivity index (χ1n) is 12.3. The van der Waals surface area contributed by atoms with Gasteiger partial charge in [0, 0.05) is 23.5 Å². The van der Waals surface area contributed by atoms with Crippen LogP contribution in [0.15, 0.2) is 47.3 Å². The summed E-state index contributed by atoms with van der Waals surface area (Å²) >= 11 is 0. The van der Waals surface area contributed by atoms with E-state index in [0.29, 0.717) is 25.7 Å². The van der Waals surface area contributed by atoms with Crippen LogP contribution in [0.5, 0.6) is 5.75 Å². The van der Waals surface area contributed by atoms with Crippen LogP contribution in [0.25, 0.3) is 10.9 Å². The van der Waals surface area contributed by atoms with E-state index in [9.17, 15) is 4.79 Å². The number of aromatic amines is 1. The highest BCUT2D eigenvalue weighted by atomic mass is 16.5. The topological polar surface area (TPSA) is 88.9 Å². The van der Waals surface area contributed by atoms with Crippen LogP contribution < -0.4 is 10.3 Å². The van der Waals surface area contributed by atoms with Crippen LogP contribution in [0, 0.1) is 13.8 Å². The molecule has 0 bridgehead atoms. The van der Waals surface area contributed by atoms with Gasteiger partial charge in [-0.1, -0.05) is 37.1 Å². The van der Waals surface area contributed by atoms with Gasteiger partial charge in [-0.3, -0.25) is 9.69 Å². The Labute approximate surface area is 204 Å². The number of hydrogen-bond donors (Lipinski definition) is 1. The van der Waals surface area contributed by atoms with Crippen molar-refractivity contribution in [2.24, 2.45) is 0 Å². The lowest BCUT2D eigenvalue weighted by Crippen LogP contribution is -2.35. The molecule has 1 fully saturated rings. The number of aryl methyl sites for hydroxylation is 2. The lowest BCUT2D eigenvalue weighted by molar-refractivity contribution is 0.172. The minimum absolute atomic E-state index is 0.0213. The van der Waals surface area contributed by atoms with Gasteiger partial charge < -0.3 is 9.72 Å². The summed E-state index contributed by atoms with van der Waals surface area (Å²) in [5.74, 6) is 1.63. The van der Waals surface area contributed by atoms with Gasteiger partial charge in [-0.05, 0) is 72.0 Å². The highest BCUT2D eigenvalue weighted by Gasteiger charge is 2.26. The molecule has 2 aromatic carbocycles. The summed E-state index contributed by atoms with van der Waals surface area (Å²) in [5.41, 5.74) is 5.04. The van der Waals surface area contributed by atoms with Gasteiger partial charge in [-0.15, -0.1) is 5.10 Å². The molecule has 0 aliphatic heterocycles. The van der Waals surface area contributed by atoms with Crippen LogP contribution in [0.1, 0.15) is 53.8 Å². The molecular formula is C27H32N6O2. The minimum Gasteiger partial charge on any atom is -0.497 e. The molecule has 0 unspecified atom stereocenters. The van der Waals surface area contributed by atoms with Crippen molar-refractivity contribution < 1.29 is 4.74 Å². The number of nitrogens with zero attached hydrogens (tertiary/aromatic N) is 5. The molecule has 5 rings (SSSR count). The Morgan fingerprint density at radius 3 is 2.54 bits per heavy atom. The van der Waals surface area contributed by atoms with E-state index in [0.717, 1.165) is 52.0 Å². The van der Waals surface area contributed by atoms with Gasteiger partial charge in [0.15, 0.2) is 5.82 Å². The van der Waals surface area contributed by atoms with Crippen molar-refractivity contribution in [1.29, 1.82) is 0 Å². The molecular weight excluding hydrogens is 440 g/mol. The standard InChI is InChI=1S/C27H32N6O2/c1-18-8-9-19(2)26-24(18)14-21(27(34)28-26)16-32(22-6-4-5-7-22)17-25-29-30-31-33(25)15-20-10-12-23(35-3)13-11-20/h8-14,22H,4-7,15-17H2,1-3H3,(H,28,34). The average Bonchev–Trinajstić information content (AvgIpc) is 3.55. The lowest BCUT2D eigenvalue weighted by Gasteiger charge is -2.28. The first kappa shape index (κ1) is 23.2. The van der Waals surface area contributed by atoms with Crippen molar-refractivity contribution in [3.63, 3.8) is 0 Å². The third-order valence-corrected chi connectivity index (χ3v) is 7.18. The lowest BCUT2D eigenvalue weighted by atomic mass is 10.0. The maximum absolute atomic E-state index is 13.1. The molecule has 4 aromatic rings. The van der Waals surface area contributed by atoms with Gasteiger partial charge in [0.2, 0.25) is 0 Å². The fourth-order valence-corrected chi connectivity index (χ4v) is 5.08. The van der Waals surface area contributed by atoms with Crippen LogP contribution in [0.3, 0.4) is 0 Å². The van der Waals surface area contributed by atoms with Crippen LogP contribution in [-0.4, -0.2) is 43.2 Å². The van der Waals surface area contributed by atoms with Gasteiger partial charge in [-0.2, -0.15) is 0 Å². The highest BCUT2D eigenvalue weighted by molar-refractivity contribution is 5.85. The quantitative estimate of drug-likeness (QED) is 0.415. The number of ether oxygens (including phenoxy) is 1. The summed E-state index contributed by atoms with van der Waals surface area (Å²) in [6, 6.07) is 14.6. The number of benzene rings is 2. The molecule has 1 saturated carbocycles. The molecule has 0 saturated heterocycles. The number of fused-ring (bicyclic) bond motifs is 1. The van der Waals surface area contributed by atoms with Crippen molar-refractivity contribution in [1.82, 2.24) is 30.1 Å². The molecule has 2 heterocycles. The number of nitrogens with one attached hydrogen (secondary N) is 1. The first-order chi connectivity index (χ1) is 17.0. The average molecular weight is 473 g/mol. The maximum atomic E-state index is 13.1. The Kier molecular flexibility index (Phi) is 6.63. The van der Waals surface area contributed by atoms with E-state index in [1.807, 2.05) is 35.9 Å². The maximum Gasteiger partial charge on any atom is 0.252 e. The largest absolute Gasteiger partial charge is 0.497 e. The second kappa shape index (κ2) is 10.00. The Morgan fingerprint density at radius 1 is 1.06 bits per heavy atom. The second-order valence-electron chi connectivity index (χ2n) is 9.56. The number of H-pyrrole nitrogens is 1. The second-order valence-corrected chi connectivity index (χ2v) is 9.56. The molecule has 35 heavy (non-hydrogen) atoms. The van der Waals surface area contributed by atoms with E-state index in [1.54, 1.807) is 7.11 Å². The summed E-state index contributed by atoms with van der Waals surface area (Å²) in [6.07, 6.45) is 4.68. The normalized spacial score (nSPS) is 14.3. The Morgan fingerprint density at radius 2 is 1.80 bits per heavy atom. The minimum atomic E-state index is -0.0213. The smallest absolute Gasteiger partial charge is 0.252 e. The van der Waals surface area contributed by atoms with Gasteiger partial charge in [0.05, 0.1) is 25.7 Å². The molecule has 1 aliphatic rings. The zero-order chi connectivity index (χ0) is 24.4. The SMILES string of the molecule is COc1ccc(Cn2nnnc2CN(Cc2cc3c(C)ccc(C)c3[nH]c2=O)C2CCCC2)cc1. The van der Waals surface area contributed by atoms with Crippen molar-refractivity contribution in [3.05, 3.63) is 80.9 Å². The van der Waals surface area contributed by atoms with Gasteiger partial charge in [-0.25, -0.2) is 4.68 Å². The van der Waals surface area contributed by atoms with Crippen molar-refractivity contribution in [2.45, 2.75) is 65.2 Å². The number of aromatic nitrogens is 5. The molecule has 1 N–H and O–H groups in total. The van der Waals surface area contributed by atoms with Crippen molar-refractivity contribution >= 4 is 10.9 Å². The first-order valence-corrected chi connectivity index (χ1v) is 12.3. The fourth-order valence-electron chi connectivity index (χ4n) is 5.08. The van der Waals surface area contributed by atoms with E-state index >= 15 is 0 Å². The van der Waals surface area contributed by atoms with E-state index in [-0.39, 0.29) is 5.56 Å². The van der Waals surface area contributed by atoms with E-state index < -0.39 is 0 Å². The Hall–Kier alpha value is -3.52. The third kappa shape index (κ3) is 4.98. The number of rotatable bonds is 8. The van der Waals surface area contributed by atoms with Crippen LogP contribution in [0.2, 0.25) is 0 Å². The number of tetrazole rings is 1. The summed E-state index contributed by atoms with van der Waals surface area (Å²) in [6.45, 7) is 5.87. The van der Waals surface area contributed by atoms with Crippen LogP contribution in [0.4, 0.5) is 0 Å². The molecule has 0 radical (unpaired) electrons. The Balaban J connectivity index is 1.42. The number of pyridine rings is 1. The number of hydrogen-bond acceptors (Lipinski definition) is 6. The summed E-state index contributed by atoms with van der Waals surface area (Å²) in [7, 11) is 1.66. The summed E-state index contributed by atoms with van der Waals surface area (Å²) in [5, 5.41) is 13.7. The summed E-state index contributed by atoms with van der Waals surface area (Å²) < 4.78 is 7.11. The number of methoxy groups -OCH3 is 1. The molecule has 1 aliphatic carbocycles. The molecule has 8 nitrogen and oxygen atoms in total. The summed E-state index contributed by atoms with van der Waals surface area (Å²) in [4.78, 5) is 18.6. The zero-order valence-electron chi connectivity index (χ0n) is 20.6. The van der Waals surface area contributed by atoms with Gasteiger partial charge in [0.1, 0.15) is 5.75 Å². The monoisotopic (exact) mass is 472 g/mol. The fraction of sp³-hybridized carbons (Fsp3) is 0.407. The Bertz CT molecular complexity index is 1370. The van der Waals surface area contributed by atoms with Crippen molar-refractivity contribution in [3.8, 4) is 5.75 Å². The van der Waals surface area contributed by atoms with E-state index in [1.165, 1.54) is 18.4 Å². The van der Waals surface area contributed by atoms with Gasteiger partial charge in [0.25, 0.3) is 5.56 Å². The van der Waals surface area contributed by atoms with E-state index in [2.05, 4.69) is 50.5 Å². The molecule has 0 amide bonds. The molecule has 2 aromatic heterocycles. The van der Waals surface area contributed by atoms with Gasteiger partial charge >= 0.3 is 0 Å². The van der Waals surface area contributed by atoms with Crippen molar-refractivity contribution in [2.75, 3.05) is 7.11 Å². The van der Waals surface area contributed by atoms with Crippen LogP contribution in [-0.2, 0) is 19.6 Å². The molecule has 0 atom stereocenters. The molecule has 8 heteroatoms. The predicted molar refractivity (Wildman–Crippen MR) is 135 cm³/mol. The third-order valence-electron chi connectivity index (χ3n) is 7.18. The molecule has 0 spiro atoms. The predicted octanol–water partition coefficient (Wildman–Crippen LogP) is 4.13. The van der Waals surface area contributed by atoms with Crippen LogP contribution >= 0.6 is 0 Å².